The van der Waals surface area contributed by atoms with Crippen LogP contribution in [0.1, 0.15) is 30.9 Å². The molecule has 0 unspecified atom stereocenters. The number of aryl methyl sites for hydroxylation is 2. The van der Waals surface area contributed by atoms with E-state index in [-0.39, 0.29) is 18.4 Å². The Morgan fingerprint density at radius 2 is 1.70 bits per heavy atom. The van der Waals surface area contributed by atoms with E-state index < -0.39 is 0 Å². The number of urea groups is 1. The molecule has 0 saturated carbocycles. The second kappa shape index (κ2) is 11.4. The molecule has 0 aliphatic heterocycles. The normalized spacial score (nSPS) is 10.5. The average molecular weight is 468 g/mol. The Kier molecular flexibility index (Phi) is 8.37. The molecule has 33 heavy (non-hydrogen) atoms. The third kappa shape index (κ3) is 6.52. The number of para-hydroxylation sites is 1. The number of carbonyl (C=O) groups is 2. The van der Waals surface area contributed by atoms with Crippen molar-refractivity contribution in [2.75, 3.05) is 30.8 Å². The molecule has 0 bridgehead atoms. The molecule has 0 aliphatic rings. The highest BCUT2D eigenvalue weighted by Gasteiger charge is 2.17. The fourth-order valence-electron chi connectivity index (χ4n) is 3.32. The predicted molar refractivity (Wildman–Crippen MR) is 132 cm³/mol. The van der Waals surface area contributed by atoms with Gasteiger partial charge in [0.05, 0.1) is 7.11 Å². The Balaban J connectivity index is 1.56. The molecule has 8 nitrogen and oxygen atoms in total. The Labute approximate surface area is 198 Å². The van der Waals surface area contributed by atoms with Gasteiger partial charge < -0.3 is 20.3 Å². The van der Waals surface area contributed by atoms with E-state index in [0.29, 0.717) is 23.2 Å². The van der Waals surface area contributed by atoms with Crippen molar-refractivity contribution in [2.24, 2.45) is 0 Å². The van der Waals surface area contributed by atoms with Gasteiger partial charge in [-0.25, -0.2) is 4.79 Å². The minimum absolute atomic E-state index is 0.164. The number of carbonyl (C=O) groups excluding carboxylic acids is 2. The zero-order chi connectivity index (χ0) is 23.8. The van der Waals surface area contributed by atoms with Gasteiger partial charge in [-0.1, -0.05) is 36.5 Å². The number of anilines is 2. The number of nitrogens with one attached hydrogen (secondary N) is 2. The largest absolute Gasteiger partial charge is 0.497 e. The monoisotopic (exact) mass is 467 g/mol. The molecule has 174 valence electrons. The molecule has 0 fully saturated rings. The van der Waals surface area contributed by atoms with Crippen molar-refractivity contribution >= 4 is 34.1 Å². The summed E-state index contributed by atoms with van der Waals surface area (Å²) < 4.78 is 5.17. The number of ether oxygens (including phenoxy) is 1. The summed E-state index contributed by atoms with van der Waals surface area (Å²) in [6, 6.07) is 13.2. The minimum Gasteiger partial charge on any atom is -0.497 e. The number of amides is 3. The van der Waals surface area contributed by atoms with E-state index in [2.05, 4.69) is 20.8 Å². The second-order valence-electron chi connectivity index (χ2n) is 7.62. The van der Waals surface area contributed by atoms with Crippen LogP contribution in [0.25, 0.3) is 10.6 Å². The van der Waals surface area contributed by atoms with Crippen LogP contribution in [0.3, 0.4) is 0 Å². The number of rotatable bonds is 9. The van der Waals surface area contributed by atoms with Gasteiger partial charge in [-0.2, -0.15) is 0 Å². The summed E-state index contributed by atoms with van der Waals surface area (Å²) >= 11 is 1.30. The van der Waals surface area contributed by atoms with Crippen LogP contribution in [0.2, 0.25) is 0 Å². The highest BCUT2D eigenvalue weighted by atomic mass is 32.1. The topological polar surface area (TPSA) is 96.5 Å². The van der Waals surface area contributed by atoms with Gasteiger partial charge in [0.15, 0.2) is 0 Å². The first kappa shape index (κ1) is 24.2. The first-order chi connectivity index (χ1) is 15.9. The Hall–Kier alpha value is -3.46. The highest BCUT2D eigenvalue weighted by molar-refractivity contribution is 7.18. The quantitative estimate of drug-likeness (QED) is 0.456. The van der Waals surface area contributed by atoms with Crippen molar-refractivity contribution in [3.63, 3.8) is 0 Å². The SMILES string of the molecule is CCCN(CCC(=O)Nc1nnc(-c2ccc(OC)cc2)s1)C(=O)Nc1c(C)cccc1C. The maximum absolute atomic E-state index is 12.8. The molecular formula is C24H29N5O3S. The molecule has 0 saturated heterocycles. The average Bonchev–Trinajstić information content (AvgIpc) is 3.27. The summed E-state index contributed by atoms with van der Waals surface area (Å²) in [5.74, 6) is 0.545. The van der Waals surface area contributed by atoms with E-state index in [1.54, 1.807) is 12.0 Å². The molecule has 0 spiro atoms. The summed E-state index contributed by atoms with van der Waals surface area (Å²) in [7, 11) is 1.61. The van der Waals surface area contributed by atoms with Crippen LogP contribution in [0, 0.1) is 13.8 Å². The lowest BCUT2D eigenvalue weighted by Gasteiger charge is -2.23. The van der Waals surface area contributed by atoms with Gasteiger partial charge in [-0.05, 0) is 55.7 Å². The van der Waals surface area contributed by atoms with E-state index in [4.69, 9.17) is 4.74 Å². The fourth-order valence-corrected chi connectivity index (χ4v) is 4.09. The van der Waals surface area contributed by atoms with Gasteiger partial charge in [-0.3, -0.25) is 4.79 Å². The third-order valence-corrected chi connectivity index (χ3v) is 6.00. The van der Waals surface area contributed by atoms with Crippen LogP contribution >= 0.6 is 11.3 Å². The van der Waals surface area contributed by atoms with E-state index in [9.17, 15) is 9.59 Å². The lowest BCUT2D eigenvalue weighted by Crippen LogP contribution is -2.38. The van der Waals surface area contributed by atoms with E-state index in [1.165, 1.54) is 11.3 Å². The Morgan fingerprint density at radius 1 is 1.00 bits per heavy atom. The molecule has 3 rings (SSSR count). The van der Waals surface area contributed by atoms with Crippen molar-refractivity contribution in [3.8, 4) is 16.3 Å². The molecule has 1 aromatic heterocycles. The van der Waals surface area contributed by atoms with Gasteiger partial charge in [0.2, 0.25) is 11.0 Å². The number of aromatic nitrogens is 2. The van der Waals surface area contributed by atoms with Gasteiger partial charge in [0.25, 0.3) is 0 Å². The van der Waals surface area contributed by atoms with Crippen molar-refractivity contribution in [1.82, 2.24) is 15.1 Å². The summed E-state index contributed by atoms with van der Waals surface area (Å²) in [5, 5.41) is 15.1. The smallest absolute Gasteiger partial charge is 0.321 e. The number of methoxy groups -OCH3 is 1. The molecule has 0 aliphatic carbocycles. The van der Waals surface area contributed by atoms with E-state index >= 15 is 0 Å². The van der Waals surface area contributed by atoms with E-state index in [0.717, 1.165) is 34.5 Å². The summed E-state index contributed by atoms with van der Waals surface area (Å²) in [4.78, 5) is 27.0. The first-order valence-corrected chi connectivity index (χ1v) is 11.6. The van der Waals surface area contributed by atoms with Gasteiger partial charge in [-0.15, -0.1) is 10.2 Å². The molecule has 2 aromatic carbocycles. The number of hydrogen-bond acceptors (Lipinski definition) is 6. The first-order valence-electron chi connectivity index (χ1n) is 10.8. The molecule has 1 heterocycles. The van der Waals surface area contributed by atoms with Gasteiger partial charge in [0.1, 0.15) is 10.8 Å². The molecule has 3 amide bonds. The van der Waals surface area contributed by atoms with Crippen molar-refractivity contribution in [2.45, 2.75) is 33.6 Å². The molecule has 2 N–H and O–H groups in total. The third-order valence-electron chi connectivity index (χ3n) is 5.11. The summed E-state index contributed by atoms with van der Waals surface area (Å²) in [6.07, 6.45) is 0.959. The van der Waals surface area contributed by atoms with Crippen LogP contribution in [-0.2, 0) is 4.79 Å². The van der Waals surface area contributed by atoms with Crippen LogP contribution in [0.5, 0.6) is 5.75 Å². The lowest BCUT2D eigenvalue weighted by molar-refractivity contribution is -0.116. The number of benzene rings is 2. The van der Waals surface area contributed by atoms with Crippen LogP contribution in [0.15, 0.2) is 42.5 Å². The number of hydrogen-bond donors (Lipinski definition) is 2. The Morgan fingerprint density at radius 3 is 2.33 bits per heavy atom. The van der Waals surface area contributed by atoms with Crippen LogP contribution < -0.4 is 15.4 Å². The molecular weight excluding hydrogens is 438 g/mol. The second-order valence-corrected chi connectivity index (χ2v) is 8.60. The van der Waals surface area contributed by atoms with Crippen LogP contribution in [0.4, 0.5) is 15.6 Å². The summed E-state index contributed by atoms with van der Waals surface area (Å²) in [5.41, 5.74) is 3.71. The van der Waals surface area contributed by atoms with Crippen LogP contribution in [-0.4, -0.2) is 47.2 Å². The minimum atomic E-state index is -0.214. The number of nitrogens with zero attached hydrogens (tertiary/aromatic N) is 3. The van der Waals surface area contributed by atoms with Gasteiger partial charge >= 0.3 is 6.03 Å². The highest BCUT2D eigenvalue weighted by Crippen LogP contribution is 2.27. The predicted octanol–water partition coefficient (Wildman–Crippen LogP) is 5.10. The van der Waals surface area contributed by atoms with Crippen molar-refractivity contribution in [3.05, 3.63) is 53.6 Å². The Bertz CT molecular complexity index is 1080. The molecule has 3 aromatic rings. The maximum Gasteiger partial charge on any atom is 0.321 e. The molecule has 0 radical (unpaired) electrons. The fraction of sp³-hybridized carbons (Fsp3) is 0.333. The molecule has 9 heteroatoms. The lowest BCUT2D eigenvalue weighted by atomic mass is 10.1. The summed E-state index contributed by atoms with van der Waals surface area (Å²) in [6.45, 7) is 6.79. The van der Waals surface area contributed by atoms with E-state index in [1.807, 2.05) is 63.2 Å². The zero-order valence-corrected chi connectivity index (χ0v) is 20.2. The van der Waals surface area contributed by atoms with Crippen molar-refractivity contribution in [1.29, 1.82) is 0 Å². The van der Waals surface area contributed by atoms with Gasteiger partial charge in [0, 0.05) is 30.8 Å². The molecule has 0 atom stereocenters. The van der Waals surface area contributed by atoms with Crippen molar-refractivity contribution < 1.29 is 14.3 Å². The standard InChI is InChI=1S/C24H29N5O3S/c1-5-14-29(24(31)26-21-16(2)7-6-8-17(21)3)15-13-20(30)25-23-28-27-22(33-23)18-9-11-19(32-4)12-10-18/h6-12H,5,13-15H2,1-4H3,(H,26,31)(H,25,28,30). The maximum atomic E-state index is 12.8. The zero-order valence-electron chi connectivity index (χ0n) is 19.3.